The quantitative estimate of drug-likeness (QED) is 0.243. The number of aliphatic imine (C=N–C) groups is 1. The molecule has 7 heteroatoms. The largest absolute Gasteiger partial charge is 0.385 e. The molecular formula is C16H36IN5O. The fraction of sp³-hybridized carbons (Fsp3) is 0.938. The number of hydrogen-bond acceptors (Lipinski definition) is 4. The SMILES string of the molecule is CN=C(NCCN(C)CCCOC)NCC1CCCN(C)C1.I. The summed E-state index contributed by atoms with van der Waals surface area (Å²) in [4.78, 5) is 9.04. The van der Waals surface area contributed by atoms with Crippen molar-refractivity contribution in [3.05, 3.63) is 0 Å². The Labute approximate surface area is 159 Å². The summed E-state index contributed by atoms with van der Waals surface area (Å²) in [5.41, 5.74) is 0. The highest BCUT2D eigenvalue weighted by molar-refractivity contribution is 14.0. The molecule has 1 saturated heterocycles. The fourth-order valence-corrected chi connectivity index (χ4v) is 2.86. The second-order valence-electron chi connectivity index (χ2n) is 6.30. The van der Waals surface area contributed by atoms with Gasteiger partial charge in [-0.1, -0.05) is 0 Å². The smallest absolute Gasteiger partial charge is 0.191 e. The Bertz CT molecular complexity index is 317. The molecule has 0 spiro atoms. The van der Waals surface area contributed by atoms with Crippen LogP contribution >= 0.6 is 24.0 Å². The zero-order valence-corrected chi connectivity index (χ0v) is 17.6. The molecule has 6 nitrogen and oxygen atoms in total. The van der Waals surface area contributed by atoms with Crippen molar-refractivity contribution < 1.29 is 4.74 Å². The number of likely N-dealkylation sites (N-methyl/N-ethyl adjacent to an activating group) is 1. The van der Waals surface area contributed by atoms with Gasteiger partial charge in [0, 0.05) is 53.5 Å². The molecule has 138 valence electrons. The van der Waals surface area contributed by atoms with Gasteiger partial charge in [0.2, 0.25) is 0 Å². The van der Waals surface area contributed by atoms with Crippen LogP contribution in [0.5, 0.6) is 0 Å². The van der Waals surface area contributed by atoms with Gasteiger partial charge in [0.05, 0.1) is 0 Å². The van der Waals surface area contributed by atoms with E-state index in [-0.39, 0.29) is 24.0 Å². The normalized spacial score (nSPS) is 19.5. The van der Waals surface area contributed by atoms with Gasteiger partial charge in [0.1, 0.15) is 0 Å². The summed E-state index contributed by atoms with van der Waals surface area (Å²) in [7, 11) is 7.94. The second kappa shape index (κ2) is 14.2. The van der Waals surface area contributed by atoms with Crippen LogP contribution in [-0.2, 0) is 4.74 Å². The van der Waals surface area contributed by atoms with E-state index in [2.05, 4.69) is 39.5 Å². The summed E-state index contributed by atoms with van der Waals surface area (Å²) >= 11 is 0. The Morgan fingerprint density at radius 1 is 1.35 bits per heavy atom. The second-order valence-corrected chi connectivity index (χ2v) is 6.30. The number of piperidine rings is 1. The Hall–Kier alpha value is -0.120. The van der Waals surface area contributed by atoms with E-state index in [1.165, 1.54) is 25.9 Å². The first-order valence-corrected chi connectivity index (χ1v) is 8.46. The lowest BCUT2D eigenvalue weighted by Crippen LogP contribution is -2.45. The molecule has 0 bridgehead atoms. The first-order chi connectivity index (χ1) is 10.7. The zero-order valence-electron chi connectivity index (χ0n) is 15.3. The summed E-state index contributed by atoms with van der Waals surface area (Å²) < 4.78 is 5.07. The van der Waals surface area contributed by atoms with Crippen LogP contribution in [0.15, 0.2) is 4.99 Å². The summed E-state index contributed by atoms with van der Waals surface area (Å²) in [6, 6.07) is 0. The van der Waals surface area contributed by atoms with Crippen LogP contribution in [0.4, 0.5) is 0 Å². The number of halogens is 1. The van der Waals surface area contributed by atoms with Crippen LogP contribution in [0.2, 0.25) is 0 Å². The van der Waals surface area contributed by atoms with Gasteiger partial charge in [0.15, 0.2) is 5.96 Å². The predicted molar refractivity (Wildman–Crippen MR) is 109 cm³/mol. The highest BCUT2D eigenvalue weighted by atomic mass is 127. The first-order valence-electron chi connectivity index (χ1n) is 8.46. The summed E-state index contributed by atoms with van der Waals surface area (Å²) in [5, 5.41) is 6.85. The van der Waals surface area contributed by atoms with E-state index in [0.29, 0.717) is 0 Å². The fourth-order valence-electron chi connectivity index (χ4n) is 2.86. The molecule has 1 atom stereocenters. The number of hydrogen-bond donors (Lipinski definition) is 2. The summed E-state index contributed by atoms with van der Waals surface area (Å²) in [6.07, 6.45) is 3.70. The maximum Gasteiger partial charge on any atom is 0.191 e. The number of nitrogens with one attached hydrogen (secondary N) is 2. The Morgan fingerprint density at radius 2 is 2.13 bits per heavy atom. The number of nitrogens with zero attached hydrogens (tertiary/aromatic N) is 3. The molecule has 1 aliphatic rings. The van der Waals surface area contributed by atoms with Crippen LogP contribution in [0.1, 0.15) is 19.3 Å². The van der Waals surface area contributed by atoms with Crippen molar-refractivity contribution >= 4 is 29.9 Å². The molecule has 1 heterocycles. The Morgan fingerprint density at radius 3 is 2.78 bits per heavy atom. The minimum absolute atomic E-state index is 0. The highest BCUT2D eigenvalue weighted by Crippen LogP contribution is 2.13. The van der Waals surface area contributed by atoms with E-state index in [1.807, 2.05) is 7.05 Å². The van der Waals surface area contributed by atoms with Crippen molar-refractivity contribution in [2.24, 2.45) is 10.9 Å². The lowest BCUT2D eigenvalue weighted by Gasteiger charge is -2.30. The molecule has 0 aromatic rings. The van der Waals surface area contributed by atoms with E-state index in [1.54, 1.807) is 7.11 Å². The van der Waals surface area contributed by atoms with E-state index in [0.717, 1.165) is 51.1 Å². The van der Waals surface area contributed by atoms with Gasteiger partial charge in [-0.15, -0.1) is 24.0 Å². The van der Waals surface area contributed by atoms with Crippen LogP contribution in [0, 0.1) is 5.92 Å². The molecule has 0 aromatic heterocycles. The lowest BCUT2D eigenvalue weighted by molar-refractivity contribution is 0.180. The highest BCUT2D eigenvalue weighted by Gasteiger charge is 2.17. The van der Waals surface area contributed by atoms with Crippen molar-refractivity contribution in [3.63, 3.8) is 0 Å². The Kier molecular flexibility index (Phi) is 14.2. The summed E-state index contributed by atoms with van der Waals surface area (Å²) in [5.74, 6) is 1.65. The molecule has 1 rings (SSSR count). The van der Waals surface area contributed by atoms with Crippen LogP contribution in [-0.4, -0.2) is 89.9 Å². The minimum Gasteiger partial charge on any atom is -0.385 e. The molecule has 0 aliphatic carbocycles. The Balaban J connectivity index is 0.00000484. The molecule has 0 saturated carbocycles. The van der Waals surface area contributed by atoms with Crippen molar-refractivity contribution in [2.45, 2.75) is 19.3 Å². The van der Waals surface area contributed by atoms with Crippen molar-refractivity contribution in [1.29, 1.82) is 0 Å². The number of likely N-dealkylation sites (tertiary alicyclic amines) is 1. The molecule has 0 amide bonds. The minimum atomic E-state index is 0. The monoisotopic (exact) mass is 441 g/mol. The van der Waals surface area contributed by atoms with E-state index < -0.39 is 0 Å². The van der Waals surface area contributed by atoms with E-state index in [9.17, 15) is 0 Å². The third-order valence-electron chi connectivity index (χ3n) is 4.18. The van der Waals surface area contributed by atoms with Gasteiger partial charge in [-0.3, -0.25) is 4.99 Å². The molecule has 1 aliphatic heterocycles. The molecule has 0 aromatic carbocycles. The number of methoxy groups -OCH3 is 1. The van der Waals surface area contributed by atoms with Gasteiger partial charge in [-0.05, 0) is 45.8 Å². The lowest BCUT2D eigenvalue weighted by atomic mass is 9.99. The first kappa shape index (κ1) is 22.9. The van der Waals surface area contributed by atoms with E-state index in [4.69, 9.17) is 4.74 Å². The van der Waals surface area contributed by atoms with Gasteiger partial charge in [0.25, 0.3) is 0 Å². The van der Waals surface area contributed by atoms with Crippen LogP contribution in [0.25, 0.3) is 0 Å². The van der Waals surface area contributed by atoms with Gasteiger partial charge in [-0.25, -0.2) is 0 Å². The molecule has 2 N–H and O–H groups in total. The van der Waals surface area contributed by atoms with Crippen molar-refractivity contribution in [3.8, 4) is 0 Å². The maximum absolute atomic E-state index is 5.07. The molecule has 23 heavy (non-hydrogen) atoms. The predicted octanol–water partition coefficient (Wildman–Crippen LogP) is 1.08. The third-order valence-corrected chi connectivity index (χ3v) is 4.18. The van der Waals surface area contributed by atoms with Gasteiger partial charge >= 0.3 is 0 Å². The summed E-state index contributed by atoms with van der Waals surface area (Å²) in [6.45, 7) is 7.25. The molecular weight excluding hydrogens is 405 g/mol. The van der Waals surface area contributed by atoms with Crippen LogP contribution < -0.4 is 10.6 Å². The molecule has 1 fully saturated rings. The van der Waals surface area contributed by atoms with Crippen molar-refractivity contribution in [2.75, 3.05) is 74.1 Å². The molecule has 1 unspecified atom stereocenters. The van der Waals surface area contributed by atoms with Crippen LogP contribution in [0.3, 0.4) is 0 Å². The van der Waals surface area contributed by atoms with Crippen molar-refractivity contribution in [1.82, 2.24) is 20.4 Å². The number of guanidine groups is 1. The third kappa shape index (κ3) is 11.1. The number of ether oxygens (including phenoxy) is 1. The average Bonchev–Trinajstić information content (AvgIpc) is 2.51. The van der Waals surface area contributed by atoms with E-state index >= 15 is 0 Å². The van der Waals surface area contributed by atoms with Gasteiger partial charge in [-0.2, -0.15) is 0 Å². The van der Waals surface area contributed by atoms with Gasteiger partial charge < -0.3 is 25.2 Å². The topological polar surface area (TPSA) is 52.1 Å². The molecule has 0 radical (unpaired) electrons. The maximum atomic E-state index is 5.07. The number of rotatable bonds is 9. The zero-order chi connectivity index (χ0) is 16.2. The standard InChI is InChI=1S/C16H35N5O.HI/c1-17-16(18-8-11-20(2)10-6-12-22-4)19-13-15-7-5-9-21(3)14-15;/h15H,5-14H2,1-4H3,(H2,17,18,19);1H. The average molecular weight is 441 g/mol.